The van der Waals surface area contributed by atoms with Crippen LogP contribution in [0.1, 0.15) is 31.4 Å². The number of rotatable bonds is 4. The standard InChI is InChI=1S/C12H17N3/c1-2-15-11(5-7-14-15)9-13-12-6-3-4-10(12)8-12/h2,5,7,10,13H,1,3-4,6,8-9H2/t10-,12-/m1/s1. The summed E-state index contributed by atoms with van der Waals surface area (Å²) >= 11 is 0. The molecule has 2 saturated carbocycles. The van der Waals surface area contributed by atoms with E-state index in [9.17, 15) is 0 Å². The van der Waals surface area contributed by atoms with Crippen LogP contribution in [0.25, 0.3) is 6.20 Å². The van der Waals surface area contributed by atoms with Gasteiger partial charge in [0.1, 0.15) is 0 Å². The average Bonchev–Trinajstić information content (AvgIpc) is 2.69. The summed E-state index contributed by atoms with van der Waals surface area (Å²) in [5.41, 5.74) is 1.70. The van der Waals surface area contributed by atoms with Crippen molar-refractivity contribution in [2.75, 3.05) is 0 Å². The molecule has 0 radical (unpaired) electrons. The van der Waals surface area contributed by atoms with E-state index < -0.39 is 0 Å². The van der Waals surface area contributed by atoms with Gasteiger partial charge in [-0.05, 0) is 31.2 Å². The summed E-state index contributed by atoms with van der Waals surface area (Å²) in [6.07, 6.45) is 9.16. The summed E-state index contributed by atoms with van der Waals surface area (Å²) in [6.45, 7) is 4.66. The molecule has 1 heterocycles. The SMILES string of the molecule is C=Cn1nccc1CN[C@@]12CCC[C@@H]1C2. The molecule has 2 fully saturated rings. The first-order valence-electron chi connectivity index (χ1n) is 5.74. The second kappa shape index (κ2) is 3.20. The van der Waals surface area contributed by atoms with Gasteiger partial charge in [0.15, 0.2) is 0 Å². The van der Waals surface area contributed by atoms with Crippen molar-refractivity contribution in [1.82, 2.24) is 15.1 Å². The van der Waals surface area contributed by atoms with Gasteiger partial charge in [-0.3, -0.25) is 0 Å². The Bertz CT molecular complexity index is 382. The Labute approximate surface area is 90.2 Å². The quantitative estimate of drug-likeness (QED) is 0.811. The number of nitrogens with one attached hydrogen (secondary N) is 1. The Morgan fingerprint density at radius 3 is 3.33 bits per heavy atom. The van der Waals surface area contributed by atoms with Gasteiger partial charge in [-0.15, -0.1) is 0 Å². The van der Waals surface area contributed by atoms with Gasteiger partial charge in [0.05, 0.1) is 5.69 Å². The highest BCUT2D eigenvalue weighted by Gasteiger charge is 2.56. The van der Waals surface area contributed by atoms with Crippen LogP contribution in [0.15, 0.2) is 18.8 Å². The lowest BCUT2D eigenvalue weighted by atomic mass is 10.2. The molecular weight excluding hydrogens is 186 g/mol. The monoisotopic (exact) mass is 203 g/mol. The minimum absolute atomic E-state index is 0.496. The molecule has 0 aromatic carbocycles. The van der Waals surface area contributed by atoms with E-state index in [0.29, 0.717) is 5.54 Å². The highest BCUT2D eigenvalue weighted by atomic mass is 15.3. The fourth-order valence-corrected chi connectivity index (χ4v) is 2.95. The Balaban J connectivity index is 1.65. The van der Waals surface area contributed by atoms with Crippen molar-refractivity contribution in [3.63, 3.8) is 0 Å². The van der Waals surface area contributed by atoms with Crippen LogP contribution in [0.3, 0.4) is 0 Å². The molecule has 3 rings (SSSR count). The molecule has 0 amide bonds. The molecule has 2 aliphatic carbocycles. The molecule has 1 aromatic heterocycles. The molecule has 1 aromatic rings. The van der Waals surface area contributed by atoms with E-state index in [-0.39, 0.29) is 0 Å². The zero-order valence-electron chi connectivity index (χ0n) is 8.95. The third-order valence-electron chi connectivity index (χ3n) is 3.95. The topological polar surface area (TPSA) is 29.9 Å². The Morgan fingerprint density at radius 2 is 2.67 bits per heavy atom. The van der Waals surface area contributed by atoms with Crippen molar-refractivity contribution in [2.45, 2.75) is 37.8 Å². The van der Waals surface area contributed by atoms with E-state index in [1.807, 2.05) is 10.9 Å². The number of nitrogens with zero attached hydrogens (tertiary/aromatic N) is 2. The first kappa shape index (κ1) is 9.16. The van der Waals surface area contributed by atoms with Crippen molar-refractivity contribution in [1.29, 1.82) is 0 Å². The fourth-order valence-electron chi connectivity index (χ4n) is 2.95. The summed E-state index contributed by atoms with van der Waals surface area (Å²) in [7, 11) is 0. The molecule has 0 unspecified atom stereocenters. The molecule has 0 aliphatic heterocycles. The lowest BCUT2D eigenvalue weighted by molar-refractivity contribution is 0.472. The second-order valence-corrected chi connectivity index (χ2v) is 4.75. The molecule has 0 spiro atoms. The number of hydrogen-bond acceptors (Lipinski definition) is 2. The maximum absolute atomic E-state index is 4.17. The fraction of sp³-hybridized carbons (Fsp3) is 0.583. The Morgan fingerprint density at radius 1 is 1.73 bits per heavy atom. The smallest absolute Gasteiger partial charge is 0.0573 e. The Kier molecular flexibility index (Phi) is 1.96. The van der Waals surface area contributed by atoms with E-state index in [0.717, 1.165) is 12.5 Å². The zero-order chi connectivity index (χ0) is 10.3. The number of fused-ring (bicyclic) bond motifs is 1. The molecule has 3 heteroatoms. The van der Waals surface area contributed by atoms with Gasteiger partial charge in [-0.1, -0.05) is 13.0 Å². The predicted octanol–water partition coefficient (Wildman–Crippen LogP) is 2.02. The van der Waals surface area contributed by atoms with Gasteiger partial charge in [0.25, 0.3) is 0 Å². The molecule has 3 nitrogen and oxygen atoms in total. The van der Waals surface area contributed by atoms with E-state index in [4.69, 9.17) is 0 Å². The predicted molar refractivity (Wildman–Crippen MR) is 60.1 cm³/mol. The van der Waals surface area contributed by atoms with Crippen LogP contribution in [-0.4, -0.2) is 15.3 Å². The zero-order valence-corrected chi connectivity index (χ0v) is 8.95. The van der Waals surface area contributed by atoms with Gasteiger partial charge in [0.2, 0.25) is 0 Å². The molecule has 1 N–H and O–H groups in total. The minimum Gasteiger partial charge on any atom is -0.305 e. The van der Waals surface area contributed by atoms with E-state index in [2.05, 4.69) is 23.1 Å². The third-order valence-corrected chi connectivity index (χ3v) is 3.95. The highest BCUT2D eigenvalue weighted by molar-refractivity contribution is 5.21. The van der Waals surface area contributed by atoms with Gasteiger partial charge in [-0.2, -0.15) is 5.10 Å². The van der Waals surface area contributed by atoms with Crippen LogP contribution in [-0.2, 0) is 6.54 Å². The van der Waals surface area contributed by atoms with Gasteiger partial charge >= 0.3 is 0 Å². The van der Waals surface area contributed by atoms with Gasteiger partial charge in [-0.25, -0.2) is 4.68 Å². The number of aromatic nitrogens is 2. The van der Waals surface area contributed by atoms with Crippen molar-refractivity contribution in [2.24, 2.45) is 5.92 Å². The van der Waals surface area contributed by atoms with Gasteiger partial charge in [0, 0.05) is 24.5 Å². The summed E-state index contributed by atoms with van der Waals surface area (Å²) < 4.78 is 1.84. The molecule has 15 heavy (non-hydrogen) atoms. The van der Waals surface area contributed by atoms with E-state index in [1.165, 1.54) is 31.4 Å². The molecule has 2 aliphatic rings. The van der Waals surface area contributed by atoms with Crippen molar-refractivity contribution < 1.29 is 0 Å². The van der Waals surface area contributed by atoms with Crippen LogP contribution in [0, 0.1) is 5.92 Å². The summed E-state index contributed by atoms with van der Waals surface area (Å²) in [6, 6.07) is 2.05. The van der Waals surface area contributed by atoms with Crippen LogP contribution < -0.4 is 5.32 Å². The first-order valence-corrected chi connectivity index (χ1v) is 5.74. The summed E-state index contributed by atoms with van der Waals surface area (Å²) in [5.74, 6) is 0.956. The van der Waals surface area contributed by atoms with Crippen LogP contribution >= 0.6 is 0 Å². The maximum atomic E-state index is 4.17. The summed E-state index contributed by atoms with van der Waals surface area (Å²) in [5, 5.41) is 7.88. The Hall–Kier alpha value is -1.09. The maximum Gasteiger partial charge on any atom is 0.0573 e. The third kappa shape index (κ3) is 1.42. The minimum atomic E-state index is 0.496. The van der Waals surface area contributed by atoms with E-state index in [1.54, 1.807) is 6.20 Å². The lowest BCUT2D eigenvalue weighted by Crippen LogP contribution is -2.31. The van der Waals surface area contributed by atoms with Crippen LogP contribution in [0.4, 0.5) is 0 Å². The lowest BCUT2D eigenvalue weighted by Gasteiger charge is -2.14. The van der Waals surface area contributed by atoms with Crippen LogP contribution in [0.5, 0.6) is 0 Å². The van der Waals surface area contributed by atoms with Crippen molar-refractivity contribution in [3.05, 3.63) is 24.5 Å². The van der Waals surface area contributed by atoms with Crippen LogP contribution in [0.2, 0.25) is 0 Å². The molecule has 2 atom stereocenters. The van der Waals surface area contributed by atoms with Crippen molar-refractivity contribution in [3.8, 4) is 0 Å². The largest absolute Gasteiger partial charge is 0.305 e. The first-order chi connectivity index (χ1) is 7.34. The van der Waals surface area contributed by atoms with Crippen molar-refractivity contribution >= 4 is 6.20 Å². The molecule has 0 saturated heterocycles. The molecular formula is C12H17N3. The average molecular weight is 203 g/mol. The highest BCUT2D eigenvalue weighted by Crippen LogP contribution is 2.55. The second-order valence-electron chi connectivity index (χ2n) is 4.75. The van der Waals surface area contributed by atoms with E-state index >= 15 is 0 Å². The summed E-state index contributed by atoms with van der Waals surface area (Å²) in [4.78, 5) is 0. The normalized spacial score (nSPS) is 32.7. The molecule has 80 valence electrons. The molecule has 0 bridgehead atoms. The number of hydrogen-bond donors (Lipinski definition) is 1. The van der Waals surface area contributed by atoms with Gasteiger partial charge < -0.3 is 5.32 Å².